The number of esters is 1. The van der Waals surface area contributed by atoms with Crippen LogP contribution in [0.4, 0.5) is 10.7 Å². The normalized spacial score (nSPS) is 20.1. The molecule has 1 fully saturated rings. The van der Waals surface area contributed by atoms with Crippen LogP contribution in [-0.4, -0.2) is 90.9 Å². The number of carboxylic acids is 1. The molecule has 3 heterocycles. The van der Waals surface area contributed by atoms with Gasteiger partial charge >= 0.3 is 18.1 Å². The SMILES string of the molecule is CON=CC(=O)N(c1n[nH]c(C(N)C(=O)O)n1)C1S[C@H]2CC(=O)N2C(OC(=O)O)=C1COC(C)=O. The fourth-order valence-electron chi connectivity index (χ4n) is 3.07. The van der Waals surface area contributed by atoms with E-state index in [1.54, 1.807) is 0 Å². The largest absolute Gasteiger partial charge is 0.512 e. The number of carbonyl (C=O) groups excluding carboxylic acids is 3. The van der Waals surface area contributed by atoms with Gasteiger partial charge in [-0.2, -0.15) is 4.98 Å². The number of nitrogens with zero attached hydrogens (tertiary/aromatic N) is 5. The zero-order valence-electron chi connectivity index (χ0n) is 18.1. The van der Waals surface area contributed by atoms with E-state index in [0.29, 0.717) is 0 Å². The van der Waals surface area contributed by atoms with Gasteiger partial charge in [-0.1, -0.05) is 5.16 Å². The molecule has 188 valence electrons. The summed E-state index contributed by atoms with van der Waals surface area (Å²) in [7, 11) is 1.18. The van der Waals surface area contributed by atoms with Gasteiger partial charge in [0.1, 0.15) is 25.3 Å². The van der Waals surface area contributed by atoms with Crippen molar-refractivity contribution in [1.82, 2.24) is 20.1 Å². The van der Waals surface area contributed by atoms with E-state index < -0.39 is 59.2 Å². The molecule has 5 N–H and O–H groups in total. The number of aromatic amines is 1. The first-order valence-electron chi connectivity index (χ1n) is 9.60. The van der Waals surface area contributed by atoms with Crippen LogP contribution in [0.25, 0.3) is 0 Å². The highest BCUT2D eigenvalue weighted by Crippen LogP contribution is 2.46. The number of aliphatic carboxylic acids is 1. The Bertz CT molecular complexity index is 1120. The molecule has 3 rings (SSSR count). The van der Waals surface area contributed by atoms with Gasteiger partial charge in [-0.15, -0.1) is 16.9 Å². The number of ether oxygens (including phenoxy) is 2. The number of amides is 2. The number of hydrogen-bond acceptors (Lipinski definition) is 13. The van der Waals surface area contributed by atoms with Crippen LogP contribution in [0.3, 0.4) is 0 Å². The Balaban J connectivity index is 2.15. The van der Waals surface area contributed by atoms with Crippen LogP contribution >= 0.6 is 11.8 Å². The van der Waals surface area contributed by atoms with E-state index in [1.165, 1.54) is 7.11 Å². The fourth-order valence-corrected chi connectivity index (χ4v) is 4.59. The molecule has 1 aromatic rings. The van der Waals surface area contributed by atoms with Gasteiger partial charge in [-0.3, -0.25) is 34.1 Å². The van der Waals surface area contributed by atoms with Crippen molar-refractivity contribution in [2.24, 2.45) is 10.9 Å². The van der Waals surface area contributed by atoms with Crippen LogP contribution < -0.4 is 10.6 Å². The Kier molecular flexibility index (Phi) is 7.55. The summed E-state index contributed by atoms with van der Waals surface area (Å²) in [5.41, 5.74) is 5.46. The molecule has 3 atom stereocenters. The molecule has 2 aliphatic heterocycles. The van der Waals surface area contributed by atoms with Gasteiger partial charge < -0.3 is 30.3 Å². The summed E-state index contributed by atoms with van der Waals surface area (Å²) in [5, 5.41) is 26.1. The van der Waals surface area contributed by atoms with E-state index in [-0.39, 0.29) is 23.8 Å². The number of oxime groups is 1. The quantitative estimate of drug-likeness (QED) is 0.133. The maximum absolute atomic E-state index is 13.1. The first-order valence-corrected chi connectivity index (χ1v) is 10.5. The van der Waals surface area contributed by atoms with Gasteiger partial charge in [0.25, 0.3) is 11.9 Å². The second-order valence-corrected chi connectivity index (χ2v) is 8.11. The average molecular weight is 513 g/mol. The predicted octanol–water partition coefficient (Wildman–Crippen LogP) is -1.05. The summed E-state index contributed by atoms with van der Waals surface area (Å²) >= 11 is 1.01. The molecule has 0 aliphatic carbocycles. The van der Waals surface area contributed by atoms with Crippen molar-refractivity contribution >= 4 is 53.8 Å². The minimum atomic E-state index is -1.75. The molecule has 0 bridgehead atoms. The molecular weight excluding hydrogens is 494 g/mol. The third-order valence-corrected chi connectivity index (χ3v) is 6.05. The van der Waals surface area contributed by atoms with Gasteiger partial charge in [0.05, 0.1) is 17.4 Å². The lowest BCUT2D eigenvalue weighted by Crippen LogP contribution is -2.58. The number of nitrogens with two attached hydrogens (primary N) is 1. The highest BCUT2D eigenvalue weighted by Gasteiger charge is 2.51. The Labute approximate surface area is 199 Å². The number of aromatic nitrogens is 3. The smallest absolute Gasteiger partial charge is 0.480 e. The Morgan fingerprint density at radius 3 is 2.69 bits per heavy atom. The number of carboxylic acid groups (broad SMARTS) is 2. The first-order chi connectivity index (χ1) is 16.5. The zero-order valence-corrected chi connectivity index (χ0v) is 18.9. The van der Waals surface area contributed by atoms with Crippen molar-refractivity contribution in [1.29, 1.82) is 0 Å². The Hall–Kier alpha value is -4.19. The van der Waals surface area contributed by atoms with E-state index in [2.05, 4.69) is 25.2 Å². The lowest BCUT2D eigenvalue weighted by Gasteiger charge is -2.47. The Morgan fingerprint density at radius 2 is 2.11 bits per heavy atom. The van der Waals surface area contributed by atoms with Crippen molar-refractivity contribution in [3.63, 3.8) is 0 Å². The molecule has 1 saturated heterocycles. The number of hydrogen-bond donors (Lipinski definition) is 4. The molecule has 0 spiro atoms. The van der Waals surface area contributed by atoms with E-state index >= 15 is 0 Å². The number of anilines is 1. The highest BCUT2D eigenvalue weighted by molar-refractivity contribution is 8.01. The van der Waals surface area contributed by atoms with E-state index in [9.17, 15) is 29.1 Å². The minimum absolute atomic E-state index is 0.00812. The van der Waals surface area contributed by atoms with Crippen LogP contribution in [-0.2, 0) is 33.5 Å². The average Bonchev–Trinajstić information content (AvgIpc) is 3.24. The van der Waals surface area contributed by atoms with E-state index in [4.69, 9.17) is 20.3 Å². The molecule has 0 aromatic carbocycles. The third-order valence-electron chi connectivity index (χ3n) is 4.61. The highest BCUT2D eigenvalue weighted by atomic mass is 32.2. The van der Waals surface area contributed by atoms with Crippen molar-refractivity contribution in [2.75, 3.05) is 18.6 Å². The standard InChI is InChI=1S/C17H19N7O10S/c1-6(25)33-5-7-13(34-17(30)31)23-8(26)3-10(23)35-14(7)24(9(27)4-19-32-2)16-20-12(21-22-16)11(18)15(28)29/h4,10-11,14H,3,5,18H2,1-2H3,(H,28,29)(H,30,31)(H,20,21,22)/t10-,11?,14?/m0/s1. The number of H-pyrrole nitrogens is 1. The second kappa shape index (κ2) is 10.4. The zero-order chi connectivity index (χ0) is 25.9. The summed E-state index contributed by atoms with van der Waals surface area (Å²) in [6, 6.07) is -1.60. The van der Waals surface area contributed by atoms with Crippen LogP contribution in [0.5, 0.6) is 0 Å². The first kappa shape index (κ1) is 25.4. The summed E-state index contributed by atoms with van der Waals surface area (Å²) in [5.74, 6) is -4.59. The number of β-lactam (4-membered cyclic amide) rings is 1. The van der Waals surface area contributed by atoms with Crippen molar-refractivity contribution in [3.8, 4) is 0 Å². The lowest BCUT2D eigenvalue weighted by atomic mass is 10.1. The number of fused-ring (bicyclic) bond motifs is 1. The molecular formula is C17H19N7O10S. The number of thioether (sulfide) groups is 1. The molecule has 1 aromatic heterocycles. The van der Waals surface area contributed by atoms with Crippen molar-refractivity contribution in [3.05, 3.63) is 17.3 Å². The maximum Gasteiger partial charge on any atom is 0.512 e. The molecule has 17 nitrogen and oxygen atoms in total. The third kappa shape index (κ3) is 5.32. The van der Waals surface area contributed by atoms with Crippen molar-refractivity contribution < 1.29 is 48.5 Å². The molecule has 35 heavy (non-hydrogen) atoms. The van der Waals surface area contributed by atoms with Crippen LogP contribution in [0.2, 0.25) is 0 Å². The van der Waals surface area contributed by atoms with Gasteiger partial charge in [0, 0.05) is 6.92 Å². The fraction of sp³-hybridized carbons (Fsp3) is 0.412. The maximum atomic E-state index is 13.1. The van der Waals surface area contributed by atoms with Gasteiger partial charge in [-0.05, 0) is 0 Å². The number of carbonyl (C=O) groups is 5. The topological polar surface area (TPSA) is 240 Å². The molecule has 0 saturated carbocycles. The number of nitrogens with one attached hydrogen (secondary N) is 1. The summed E-state index contributed by atoms with van der Waals surface area (Å²) in [6.45, 7) is 0.535. The lowest BCUT2D eigenvalue weighted by molar-refractivity contribution is -0.142. The number of rotatable bonds is 9. The van der Waals surface area contributed by atoms with Gasteiger partial charge in [0.15, 0.2) is 11.9 Å². The minimum Gasteiger partial charge on any atom is -0.480 e. The summed E-state index contributed by atoms with van der Waals surface area (Å²) in [6.07, 6.45) is -1.00. The molecule has 18 heteroatoms. The monoisotopic (exact) mass is 513 g/mol. The molecule has 0 radical (unpaired) electrons. The second-order valence-electron chi connectivity index (χ2n) is 6.85. The predicted molar refractivity (Wildman–Crippen MR) is 113 cm³/mol. The van der Waals surface area contributed by atoms with Crippen molar-refractivity contribution in [2.45, 2.75) is 30.1 Å². The van der Waals surface area contributed by atoms with Crippen LogP contribution in [0.15, 0.2) is 16.6 Å². The van der Waals surface area contributed by atoms with Crippen LogP contribution in [0.1, 0.15) is 25.2 Å². The van der Waals surface area contributed by atoms with Gasteiger partial charge in [-0.25, -0.2) is 4.79 Å². The molecule has 2 aliphatic rings. The van der Waals surface area contributed by atoms with Gasteiger partial charge in [0.2, 0.25) is 11.8 Å². The van der Waals surface area contributed by atoms with E-state index in [1.807, 2.05) is 0 Å². The summed E-state index contributed by atoms with van der Waals surface area (Å²) in [4.78, 5) is 69.8. The molecule has 2 amide bonds. The van der Waals surface area contributed by atoms with Crippen LogP contribution in [0, 0.1) is 0 Å². The molecule has 2 unspecified atom stereocenters. The van der Waals surface area contributed by atoms with E-state index in [0.717, 1.165) is 34.7 Å². The summed E-state index contributed by atoms with van der Waals surface area (Å²) < 4.78 is 9.87. The Morgan fingerprint density at radius 1 is 1.40 bits per heavy atom.